The van der Waals surface area contributed by atoms with Gasteiger partial charge in [0.05, 0.1) is 28.4 Å². The maximum atomic E-state index is 13.9. The molecule has 7 N–H and O–H groups in total. The van der Waals surface area contributed by atoms with Gasteiger partial charge in [-0.2, -0.15) is 30.0 Å². The van der Waals surface area contributed by atoms with Crippen LogP contribution >= 0.6 is 11.8 Å². The predicted octanol–water partition coefficient (Wildman–Crippen LogP) is 6.99. The number of urea groups is 1. The molecule has 4 aromatic rings. The molecule has 24 heteroatoms. The molecule has 2 aliphatic heterocycles. The Morgan fingerprint density at radius 2 is 1.61 bits per heavy atom. The molecule has 0 spiro atoms. The second-order valence-corrected chi connectivity index (χ2v) is 20.1. The van der Waals surface area contributed by atoms with Crippen molar-refractivity contribution in [1.82, 2.24) is 36.4 Å². The zero-order valence-electron chi connectivity index (χ0n) is 38.9. The van der Waals surface area contributed by atoms with E-state index in [1.165, 1.54) is 42.5 Å². The minimum absolute atomic E-state index is 0.00205. The highest BCUT2D eigenvalue weighted by Gasteiger charge is 2.42. The van der Waals surface area contributed by atoms with Crippen molar-refractivity contribution in [2.75, 3.05) is 18.8 Å². The monoisotopic (exact) mass is 1020 g/mol. The number of nitrogens with two attached hydrogens (primary N) is 1. The summed E-state index contributed by atoms with van der Waals surface area (Å²) < 4.78 is 71.8. The van der Waals surface area contributed by atoms with Gasteiger partial charge >= 0.3 is 18.2 Å². The number of nitrogens with zero attached hydrogens (tertiary/aromatic N) is 5. The van der Waals surface area contributed by atoms with Gasteiger partial charge in [0.25, 0.3) is 5.91 Å². The molecule has 71 heavy (non-hydrogen) atoms. The van der Waals surface area contributed by atoms with E-state index in [-0.39, 0.29) is 70.5 Å². The lowest BCUT2D eigenvalue weighted by Crippen LogP contribution is -2.42. The largest absolute Gasteiger partial charge is 0.459 e. The fourth-order valence-corrected chi connectivity index (χ4v) is 10.2. The van der Waals surface area contributed by atoms with Crippen LogP contribution in [-0.2, 0) is 41.9 Å². The average molecular weight is 1020 g/mol. The van der Waals surface area contributed by atoms with Gasteiger partial charge in [-0.3, -0.25) is 14.4 Å². The van der Waals surface area contributed by atoms with Gasteiger partial charge in [0, 0.05) is 58.7 Å². The maximum absolute atomic E-state index is 13.9. The number of unbranched alkanes of at least 4 members (excludes halogenated alkanes) is 4. The first-order valence-electron chi connectivity index (χ1n) is 23.1. The molecular weight excluding hydrogens is 968 g/mol. The third kappa shape index (κ3) is 15.7. The highest BCUT2D eigenvalue weighted by atomic mass is 32.2. The van der Waals surface area contributed by atoms with Gasteiger partial charge in [-0.05, 0) is 117 Å². The van der Waals surface area contributed by atoms with Crippen molar-refractivity contribution in [1.29, 1.82) is 0 Å². The van der Waals surface area contributed by atoms with E-state index in [0.717, 1.165) is 60.7 Å². The number of hydrogen-bond donors (Lipinski definition) is 6. The van der Waals surface area contributed by atoms with E-state index in [0.29, 0.717) is 67.1 Å². The number of thioether (sulfide) groups is 1. The highest BCUT2D eigenvalue weighted by Crippen LogP contribution is 2.35. The molecule has 5 amide bonds. The molecule has 0 bridgehead atoms. The highest BCUT2D eigenvalue weighted by molar-refractivity contribution is 8.00. The number of sulfonamides is 1. The summed E-state index contributed by atoms with van der Waals surface area (Å²) in [5.41, 5.74) is 9.62. The van der Waals surface area contributed by atoms with Crippen LogP contribution in [0.15, 0.2) is 82.8 Å². The van der Waals surface area contributed by atoms with E-state index >= 15 is 0 Å². The van der Waals surface area contributed by atoms with Gasteiger partial charge in [-0.1, -0.05) is 42.2 Å². The van der Waals surface area contributed by atoms with E-state index in [9.17, 15) is 45.6 Å². The number of alkyl halides is 3. The number of esters is 1. The molecule has 2 aliphatic rings. The number of carbonyl (C=O) groups is 5. The van der Waals surface area contributed by atoms with Gasteiger partial charge in [-0.25, -0.2) is 27.8 Å². The number of hydrogen-bond acceptors (Lipinski definition) is 11. The summed E-state index contributed by atoms with van der Waals surface area (Å²) in [5, 5.41) is 27.3. The third-order valence-electron chi connectivity index (χ3n) is 12.0. The van der Waals surface area contributed by atoms with E-state index < -0.39 is 39.8 Å². The topological polar surface area (TPSA) is 281 Å². The van der Waals surface area contributed by atoms with Crippen LogP contribution < -0.4 is 31.7 Å². The third-order valence-corrected chi connectivity index (χ3v) is 14.5. The van der Waals surface area contributed by atoms with E-state index in [4.69, 9.17) is 15.4 Å². The Morgan fingerprint density at radius 1 is 0.930 bits per heavy atom. The molecule has 2 fully saturated rings. The number of aryl methyl sites for hydroxylation is 1. The number of carbonyl (C=O) groups excluding carboxylic acids is 5. The lowest BCUT2D eigenvalue weighted by molar-refractivity contribution is -0.147. The Balaban J connectivity index is 0.951. The normalized spacial score (nSPS) is 16.7. The van der Waals surface area contributed by atoms with Crippen LogP contribution in [0.25, 0.3) is 27.4 Å². The van der Waals surface area contributed by atoms with Crippen molar-refractivity contribution in [2.24, 2.45) is 10.3 Å². The van der Waals surface area contributed by atoms with Crippen LogP contribution in [0.4, 0.5) is 23.7 Å². The zero-order valence-corrected chi connectivity index (χ0v) is 40.5. The minimum Gasteiger partial charge on any atom is -0.459 e. The van der Waals surface area contributed by atoms with E-state index in [1.807, 2.05) is 11.8 Å². The summed E-state index contributed by atoms with van der Waals surface area (Å²) in [6.45, 7) is 2.29. The lowest BCUT2D eigenvalue weighted by atomic mass is 10.0. The van der Waals surface area contributed by atoms with Crippen molar-refractivity contribution < 1.29 is 50.3 Å². The summed E-state index contributed by atoms with van der Waals surface area (Å²) in [7, 11) is -4.06. The molecule has 19 nitrogen and oxygen atoms in total. The first-order valence-corrected chi connectivity index (χ1v) is 25.7. The van der Waals surface area contributed by atoms with Crippen LogP contribution in [0.5, 0.6) is 0 Å². The van der Waals surface area contributed by atoms with Crippen molar-refractivity contribution >= 4 is 57.2 Å². The standard InChI is InChI=1S/C47H56F3N11O8S2/c1-29-25-31(38-26-40(47(48,49)50)59-61(38)34-19-21-35(22-20-34)71(52,67)68)13-14-32(29)27-69-45(65)36(55-44(64)30-15-17-33(18-16-30)58-60-51)9-6-8-24-54-41(62)11-3-2-7-23-53-42(63)12-5-4-10-39-43-37(28-70-39)56-46(66)57-43/h13-22,25-26,36-37,39,43H,2-12,23-24,27-28H2,1H3,(H,53,63)(H,54,62)(H,55,64)(H2,52,67,68)(H2,56,57,66)/t36-,37-,39-,43+/m0/s1. The molecule has 0 radical (unpaired) electrons. The van der Waals surface area contributed by atoms with Crippen LogP contribution in [0.3, 0.4) is 0 Å². The number of halogens is 3. The van der Waals surface area contributed by atoms with Crippen molar-refractivity contribution in [2.45, 2.75) is 119 Å². The first kappa shape index (κ1) is 53.7. The quantitative estimate of drug-likeness (QED) is 0.00988. The number of primary sulfonamides is 1. The van der Waals surface area contributed by atoms with Crippen molar-refractivity contribution in [3.8, 4) is 16.9 Å². The summed E-state index contributed by atoms with van der Waals surface area (Å²) in [6, 6.07) is 15.4. The van der Waals surface area contributed by atoms with Crippen LogP contribution in [0.1, 0.15) is 97.8 Å². The maximum Gasteiger partial charge on any atom is 0.435 e. The molecule has 6 rings (SSSR count). The number of amides is 5. The van der Waals surface area contributed by atoms with Gasteiger partial charge in [-0.15, -0.1) is 0 Å². The average Bonchev–Trinajstić information content (AvgIpc) is 4.06. The molecular formula is C47H56F3N11O8S2. The van der Waals surface area contributed by atoms with Gasteiger partial charge in [0.2, 0.25) is 21.8 Å². The minimum atomic E-state index is -4.79. The zero-order chi connectivity index (χ0) is 51.1. The fraction of sp³-hybridized carbons (Fsp3) is 0.447. The SMILES string of the molecule is Cc1cc(-c2cc(C(F)(F)F)nn2-c2ccc(S(N)(=O)=O)cc2)ccc1COC(=O)[C@H](CCCCNC(=O)CCCCCNC(=O)CCCC[C@@H]1SC[C@@H]2NC(=O)N[C@H]21)NC(=O)c1ccc(N=[N+]=[N-])cc1. The van der Waals surface area contributed by atoms with Gasteiger partial charge < -0.3 is 31.3 Å². The van der Waals surface area contributed by atoms with Crippen molar-refractivity contribution in [3.05, 3.63) is 106 Å². The lowest BCUT2D eigenvalue weighted by Gasteiger charge is -2.19. The molecule has 3 aromatic carbocycles. The molecule has 2 saturated heterocycles. The number of rotatable bonds is 25. The summed E-state index contributed by atoms with van der Waals surface area (Å²) in [5.74, 6) is -0.562. The second-order valence-electron chi connectivity index (χ2n) is 17.2. The van der Waals surface area contributed by atoms with Gasteiger partial charge in [0.15, 0.2) is 5.69 Å². The number of azide groups is 1. The van der Waals surface area contributed by atoms with Crippen molar-refractivity contribution in [3.63, 3.8) is 0 Å². The first-order chi connectivity index (χ1) is 33.9. The molecule has 3 heterocycles. The molecule has 0 unspecified atom stereocenters. The Bertz CT molecular complexity index is 2700. The van der Waals surface area contributed by atoms with Gasteiger partial charge in [0.1, 0.15) is 12.6 Å². The number of nitrogens with one attached hydrogen (secondary N) is 5. The Labute approximate surface area is 412 Å². The second kappa shape index (κ2) is 25.0. The van der Waals surface area contributed by atoms with E-state index in [1.54, 1.807) is 19.1 Å². The Kier molecular flexibility index (Phi) is 18.9. The van der Waals surface area contributed by atoms with Crippen LogP contribution in [0.2, 0.25) is 0 Å². The molecule has 0 saturated carbocycles. The molecule has 4 atom stereocenters. The number of ether oxygens (including phenoxy) is 1. The smallest absolute Gasteiger partial charge is 0.435 e. The van der Waals surface area contributed by atoms with Crippen LogP contribution in [0, 0.1) is 6.92 Å². The molecule has 0 aliphatic carbocycles. The number of benzene rings is 3. The van der Waals surface area contributed by atoms with Crippen LogP contribution in [-0.4, -0.2) is 90.1 Å². The fourth-order valence-electron chi connectivity index (χ4n) is 8.15. The molecule has 380 valence electrons. The number of fused-ring (bicyclic) bond motifs is 1. The number of aromatic nitrogens is 2. The summed E-state index contributed by atoms with van der Waals surface area (Å²) in [6.07, 6.45) is 1.80. The Morgan fingerprint density at radius 3 is 2.25 bits per heavy atom. The summed E-state index contributed by atoms with van der Waals surface area (Å²) in [4.78, 5) is 65.8. The Hall–Kier alpha value is -6.62. The predicted molar refractivity (Wildman–Crippen MR) is 259 cm³/mol. The summed E-state index contributed by atoms with van der Waals surface area (Å²) >= 11 is 1.86. The molecule has 1 aromatic heterocycles. The van der Waals surface area contributed by atoms with E-state index in [2.05, 4.69) is 41.7 Å².